The Bertz CT molecular complexity index is 1150. The van der Waals surface area contributed by atoms with E-state index in [2.05, 4.69) is 70.9 Å². The minimum atomic E-state index is 0.869. The SMILES string of the molecule is S=C(Nc1ccccc1)C1=C(N2CCCCC2)/C(=C\c2cccc3ccccc23)CC1. The number of anilines is 1. The number of rotatable bonds is 4. The maximum absolute atomic E-state index is 5.91. The molecule has 31 heavy (non-hydrogen) atoms. The van der Waals surface area contributed by atoms with E-state index in [9.17, 15) is 0 Å². The van der Waals surface area contributed by atoms with Crippen molar-refractivity contribution in [1.29, 1.82) is 0 Å². The molecule has 3 heteroatoms. The standard InChI is InChI=1S/C28H28N2S/c31-28(29-24-13-3-1-4-14-24)26-17-16-23(27(26)30-18-7-2-8-19-30)20-22-12-9-11-21-10-5-6-15-25(21)22/h1,3-6,9-15,20H,2,7-8,16-19H2,(H,29,31)/b23-20-. The summed E-state index contributed by atoms with van der Waals surface area (Å²) < 4.78 is 0. The van der Waals surface area contributed by atoms with E-state index in [1.54, 1.807) is 0 Å². The molecular weight excluding hydrogens is 396 g/mol. The maximum atomic E-state index is 5.91. The molecule has 3 aromatic rings. The fraction of sp³-hybridized carbons (Fsp3) is 0.250. The summed E-state index contributed by atoms with van der Waals surface area (Å²) in [5.74, 6) is 0. The molecule has 2 aliphatic rings. The zero-order valence-electron chi connectivity index (χ0n) is 17.8. The number of hydrogen-bond donors (Lipinski definition) is 1. The van der Waals surface area contributed by atoms with Crippen LogP contribution >= 0.6 is 12.2 Å². The van der Waals surface area contributed by atoms with Crippen LogP contribution in [0.15, 0.2) is 89.6 Å². The van der Waals surface area contributed by atoms with Crippen LogP contribution in [0.5, 0.6) is 0 Å². The number of benzene rings is 3. The molecule has 1 heterocycles. The number of thiocarbonyl (C=S) groups is 1. The molecule has 0 radical (unpaired) electrons. The first kappa shape index (κ1) is 20.0. The normalized spacial score (nSPS) is 18.1. The Kier molecular flexibility index (Phi) is 5.86. The highest BCUT2D eigenvalue weighted by Crippen LogP contribution is 2.38. The molecule has 5 rings (SSSR count). The van der Waals surface area contributed by atoms with Crippen LogP contribution in [0, 0.1) is 0 Å². The molecule has 1 fully saturated rings. The van der Waals surface area contributed by atoms with Crippen LogP contribution in [0.4, 0.5) is 5.69 Å². The fourth-order valence-corrected chi connectivity index (χ4v) is 5.17. The smallest absolute Gasteiger partial charge is 0.108 e. The molecule has 0 bridgehead atoms. The number of hydrogen-bond acceptors (Lipinski definition) is 2. The Morgan fingerprint density at radius 2 is 1.55 bits per heavy atom. The predicted molar refractivity (Wildman–Crippen MR) is 136 cm³/mol. The van der Waals surface area contributed by atoms with Crippen LogP contribution in [-0.4, -0.2) is 23.0 Å². The second-order valence-electron chi connectivity index (χ2n) is 8.43. The van der Waals surface area contributed by atoms with Gasteiger partial charge in [0.15, 0.2) is 0 Å². The van der Waals surface area contributed by atoms with E-state index in [1.165, 1.54) is 52.4 Å². The summed E-state index contributed by atoms with van der Waals surface area (Å²) in [4.78, 5) is 3.45. The Morgan fingerprint density at radius 1 is 0.806 bits per heavy atom. The first-order chi connectivity index (χ1) is 15.3. The molecular formula is C28H28N2S. The largest absolute Gasteiger partial charge is 0.371 e. The van der Waals surface area contributed by atoms with Gasteiger partial charge >= 0.3 is 0 Å². The summed E-state index contributed by atoms with van der Waals surface area (Å²) in [6.45, 7) is 2.25. The van der Waals surface area contributed by atoms with Gasteiger partial charge in [-0.25, -0.2) is 0 Å². The molecule has 0 aromatic heterocycles. The van der Waals surface area contributed by atoms with Crippen molar-refractivity contribution in [3.05, 3.63) is 95.2 Å². The maximum Gasteiger partial charge on any atom is 0.108 e. The first-order valence-corrected chi connectivity index (χ1v) is 11.7. The second-order valence-corrected chi connectivity index (χ2v) is 8.84. The Balaban J connectivity index is 1.55. The van der Waals surface area contributed by atoms with E-state index >= 15 is 0 Å². The van der Waals surface area contributed by atoms with Crippen LogP contribution < -0.4 is 5.32 Å². The molecule has 0 unspecified atom stereocenters. The van der Waals surface area contributed by atoms with Crippen molar-refractivity contribution in [2.45, 2.75) is 32.1 Å². The van der Waals surface area contributed by atoms with Crippen LogP contribution in [-0.2, 0) is 0 Å². The summed E-state index contributed by atoms with van der Waals surface area (Å²) in [6.07, 6.45) is 8.30. The number of nitrogens with one attached hydrogen (secondary N) is 1. The van der Waals surface area contributed by atoms with Gasteiger partial charge in [-0.15, -0.1) is 0 Å². The minimum Gasteiger partial charge on any atom is -0.371 e. The van der Waals surface area contributed by atoms with Crippen molar-refractivity contribution >= 4 is 39.7 Å². The average molecular weight is 425 g/mol. The zero-order valence-corrected chi connectivity index (χ0v) is 18.6. The molecule has 1 aliphatic carbocycles. The molecule has 3 aromatic carbocycles. The van der Waals surface area contributed by atoms with Crippen LogP contribution in [0.3, 0.4) is 0 Å². The Hall–Kier alpha value is -2.91. The third-order valence-corrected chi connectivity index (χ3v) is 6.71. The molecule has 0 saturated carbocycles. The van der Waals surface area contributed by atoms with Gasteiger partial charge in [0.25, 0.3) is 0 Å². The van der Waals surface area contributed by atoms with Gasteiger partial charge in [-0.1, -0.05) is 72.9 Å². The van der Waals surface area contributed by atoms with Crippen molar-refractivity contribution in [3.63, 3.8) is 0 Å². The molecule has 0 atom stereocenters. The van der Waals surface area contributed by atoms with Crippen molar-refractivity contribution in [2.75, 3.05) is 18.4 Å². The van der Waals surface area contributed by atoms with E-state index in [4.69, 9.17) is 12.2 Å². The summed E-state index contributed by atoms with van der Waals surface area (Å²) in [6, 6.07) is 25.5. The summed E-state index contributed by atoms with van der Waals surface area (Å²) in [5.41, 5.74) is 6.45. The van der Waals surface area contributed by atoms with Gasteiger partial charge in [-0.2, -0.15) is 0 Å². The number of fused-ring (bicyclic) bond motifs is 1. The monoisotopic (exact) mass is 424 g/mol. The number of likely N-dealkylation sites (tertiary alicyclic amines) is 1. The zero-order chi connectivity index (χ0) is 21.0. The number of para-hydroxylation sites is 1. The fourth-order valence-electron chi connectivity index (χ4n) is 4.86. The van der Waals surface area contributed by atoms with Gasteiger partial charge in [0.2, 0.25) is 0 Å². The molecule has 0 amide bonds. The molecule has 1 saturated heterocycles. The second kappa shape index (κ2) is 9.07. The lowest BCUT2D eigenvalue weighted by atomic mass is 10.0. The first-order valence-electron chi connectivity index (χ1n) is 11.3. The predicted octanol–water partition coefficient (Wildman–Crippen LogP) is 7.20. The van der Waals surface area contributed by atoms with E-state index in [0.717, 1.165) is 36.6 Å². The third kappa shape index (κ3) is 4.28. The van der Waals surface area contributed by atoms with Crippen molar-refractivity contribution in [1.82, 2.24) is 4.90 Å². The highest BCUT2D eigenvalue weighted by atomic mass is 32.1. The van der Waals surface area contributed by atoms with E-state index < -0.39 is 0 Å². The van der Waals surface area contributed by atoms with Gasteiger partial charge in [0.05, 0.1) is 0 Å². The van der Waals surface area contributed by atoms with Crippen molar-refractivity contribution in [2.24, 2.45) is 0 Å². The number of piperidine rings is 1. The van der Waals surface area contributed by atoms with E-state index in [-0.39, 0.29) is 0 Å². The van der Waals surface area contributed by atoms with E-state index in [1.807, 2.05) is 18.2 Å². The Labute approximate surface area is 190 Å². The molecule has 1 aliphatic heterocycles. The van der Waals surface area contributed by atoms with Crippen LogP contribution in [0.1, 0.15) is 37.7 Å². The Morgan fingerprint density at radius 3 is 2.39 bits per heavy atom. The molecule has 0 spiro atoms. The molecule has 2 nitrogen and oxygen atoms in total. The third-order valence-electron chi connectivity index (χ3n) is 6.37. The summed E-state index contributed by atoms with van der Waals surface area (Å²) in [7, 11) is 0. The highest BCUT2D eigenvalue weighted by Gasteiger charge is 2.28. The van der Waals surface area contributed by atoms with Gasteiger partial charge in [-0.05, 0) is 72.2 Å². The lowest BCUT2D eigenvalue weighted by Gasteiger charge is -2.32. The van der Waals surface area contributed by atoms with Crippen molar-refractivity contribution in [3.8, 4) is 0 Å². The van der Waals surface area contributed by atoms with Crippen molar-refractivity contribution < 1.29 is 0 Å². The van der Waals surface area contributed by atoms with Gasteiger partial charge in [0.1, 0.15) is 4.99 Å². The number of allylic oxidation sites excluding steroid dienone is 1. The van der Waals surface area contributed by atoms with Gasteiger partial charge in [0, 0.05) is 30.0 Å². The molecule has 156 valence electrons. The van der Waals surface area contributed by atoms with Gasteiger partial charge < -0.3 is 10.2 Å². The van der Waals surface area contributed by atoms with Crippen LogP contribution in [0.25, 0.3) is 16.8 Å². The quantitative estimate of drug-likeness (QED) is 0.446. The topological polar surface area (TPSA) is 15.3 Å². The van der Waals surface area contributed by atoms with Crippen LogP contribution in [0.2, 0.25) is 0 Å². The lowest BCUT2D eigenvalue weighted by molar-refractivity contribution is 0.290. The van der Waals surface area contributed by atoms with E-state index in [0.29, 0.717) is 0 Å². The van der Waals surface area contributed by atoms with Gasteiger partial charge in [-0.3, -0.25) is 0 Å². The average Bonchev–Trinajstić information content (AvgIpc) is 3.24. The summed E-state index contributed by atoms with van der Waals surface area (Å²) >= 11 is 5.91. The highest BCUT2D eigenvalue weighted by molar-refractivity contribution is 7.81. The summed E-state index contributed by atoms with van der Waals surface area (Å²) in [5, 5.41) is 6.09. The lowest BCUT2D eigenvalue weighted by Crippen LogP contribution is -2.31. The number of nitrogens with zero attached hydrogens (tertiary/aromatic N) is 1. The minimum absolute atomic E-state index is 0.869. The molecule has 1 N–H and O–H groups in total.